The van der Waals surface area contributed by atoms with Crippen molar-refractivity contribution < 1.29 is 27.8 Å². The molecule has 1 aromatic carbocycles. The van der Waals surface area contributed by atoms with Crippen LogP contribution >= 0.6 is 0 Å². The zero-order chi connectivity index (χ0) is 18.9. The highest BCUT2D eigenvalue weighted by molar-refractivity contribution is 5.93. The van der Waals surface area contributed by atoms with Crippen LogP contribution < -0.4 is 4.74 Å². The standard InChI is InChI=1S/C17H16F3N3O3/c18-17(19,20)16(25)12-6-2-3-7-13(12)22-23(16)15(24)10-26-14-8-4-1-5-11(14)9-21/h1,4-5,8,12,25H,2-3,6-7,10H2/t12-,16+/m0/s1. The van der Waals surface area contributed by atoms with Crippen molar-refractivity contribution >= 4 is 11.6 Å². The van der Waals surface area contributed by atoms with Crippen LogP contribution in [-0.2, 0) is 4.79 Å². The minimum absolute atomic E-state index is 0.0724. The molecule has 0 unspecified atom stereocenters. The number of nitrogens with zero attached hydrogens (tertiary/aromatic N) is 3. The van der Waals surface area contributed by atoms with E-state index in [-0.39, 0.29) is 28.5 Å². The fraction of sp³-hybridized carbons (Fsp3) is 0.471. The summed E-state index contributed by atoms with van der Waals surface area (Å²) in [5.41, 5.74) is -3.03. The van der Waals surface area contributed by atoms with Crippen molar-refractivity contribution in [2.24, 2.45) is 11.0 Å². The molecular weight excluding hydrogens is 351 g/mol. The van der Waals surface area contributed by atoms with Crippen molar-refractivity contribution in [2.45, 2.75) is 37.6 Å². The highest BCUT2D eigenvalue weighted by Gasteiger charge is 2.68. The van der Waals surface area contributed by atoms with E-state index < -0.39 is 30.3 Å². The highest BCUT2D eigenvalue weighted by atomic mass is 19.4. The normalized spacial score (nSPS) is 25.3. The number of hydrogen-bond acceptors (Lipinski definition) is 5. The fourth-order valence-electron chi connectivity index (χ4n) is 3.35. The molecule has 1 saturated carbocycles. The lowest BCUT2D eigenvalue weighted by Crippen LogP contribution is -2.62. The molecule has 2 atom stereocenters. The quantitative estimate of drug-likeness (QED) is 0.890. The molecule has 0 bridgehead atoms. The number of carbonyl (C=O) groups excluding carboxylic acids is 1. The lowest BCUT2D eigenvalue weighted by atomic mass is 9.80. The molecule has 2 aliphatic rings. The molecule has 0 spiro atoms. The molecule has 6 nitrogen and oxygen atoms in total. The number of rotatable bonds is 3. The Morgan fingerprint density at radius 3 is 2.85 bits per heavy atom. The molecule has 3 rings (SSSR count). The molecule has 0 radical (unpaired) electrons. The van der Waals surface area contributed by atoms with E-state index in [1.165, 1.54) is 12.1 Å². The molecule has 26 heavy (non-hydrogen) atoms. The van der Waals surface area contributed by atoms with Gasteiger partial charge in [0.25, 0.3) is 11.6 Å². The van der Waals surface area contributed by atoms with E-state index in [0.29, 0.717) is 19.3 Å². The molecule has 0 aromatic heterocycles. The van der Waals surface area contributed by atoms with Crippen LogP contribution in [0.4, 0.5) is 13.2 Å². The van der Waals surface area contributed by atoms with Crippen LogP contribution in [0.5, 0.6) is 5.75 Å². The summed E-state index contributed by atoms with van der Waals surface area (Å²) in [6, 6.07) is 7.90. The Kier molecular flexibility index (Phi) is 4.63. The number of aliphatic hydroxyl groups is 1. The number of nitriles is 1. The van der Waals surface area contributed by atoms with Crippen molar-refractivity contribution in [1.29, 1.82) is 5.26 Å². The highest BCUT2D eigenvalue weighted by Crippen LogP contribution is 2.48. The molecule has 1 N–H and O–H groups in total. The van der Waals surface area contributed by atoms with Gasteiger partial charge in [0.05, 0.1) is 11.5 Å². The van der Waals surface area contributed by atoms with Crippen LogP contribution in [-0.4, -0.2) is 40.2 Å². The Bertz CT molecular complexity index is 787. The number of hydrazone groups is 1. The van der Waals surface area contributed by atoms with Crippen LogP contribution in [0.1, 0.15) is 31.2 Å². The number of carbonyl (C=O) groups is 1. The van der Waals surface area contributed by atoms with E-state index in [1.807, 2.05) is 6.07 Å². The minimum Gasteiger partial charge on any atom is -0.482 e. The predicted molar refractivity (Wildman–Crippen MR) is 83.9 cm³/mol. The summed E-state index contributed by atoms with van der Waals surface area (Å²) in [7, 11) is 0. The second-order valence-electron chi connectivity index (χ2n) is 6.22. The number of alkyl halides is 3. The first-order valence-electron chi connectivity index (χ1n) is 8.10. The maximum absolute atomic E-state index is 13.6. The third kappa shape index (κ3) is 2.90. The summed E-state index contributed by atoms with van der Waals surface area (Å²) in [4.78, 5) is 12.4. The van der Waals surface area contributed by atoms with E-state index in [9.17, 15) is 23.1 Å². The SMILES string of the molecule is N#Cc1ccccc1OCC(=O)N1N=C2CCCC[C@@H]2[C@@]1(O)C(F)(F)F. The zero-order valence-electron chi connectivity index (χ0n) is 13.7. The summed E-state index contributed by atoms with van der Waals surface area (Å²) >= 11 is 0. The van der Waals surface area contributed by atoms with Gasteiger partial charge in [0.15, 0.2) is 6.61 Å². The summed E-state index contributed by atoms with van der Waals surface area (Å²) < 4.78 is 46.0. The van der Waals surface area contributed by atoms with Crippen molar-refractivity contribution in [1.82, 2.24) is 5.01 Å². The monoisotopic (exact) mass is 367 g/mol. The van der Waals surface area contributed by atoms with E-state index in [2.05, 4.69) is 5.10 Å². The van der Waals surface area contributed by atoms with Gasteiger partial charge in [-0.25, -0.2) is 0 Å². The largest absolute Gasteiger partial charge is 0.482 e. The summed E-state index contributed by atoms with van der Waals surface area (Å²) in [6.07, 6.45) is -3.45. The maximum atomic E-state index is 13.6. The van der Waals surface area contributed by atoms with Crippen molar-refractivity contribution in [2.75, 3.05) is 6.61 Å². The molecule has 0 saturated heterocycles. The van der Waals surface area contributed by atoms with Crippen molar-refractivity contribution in [3.8, 4) is 11.8 Å². The van der Waals surface area contributed by atoms with Crippen LogP contribution in [0.2, 0.25) is 0 Å². The molecular formula is C17H16F3N3O3. The number of hydrogen-bond donors (Lipinski definition) is 1. The third-order valence-electron chi connectivity index (χ3n) is 4.63. The zero-order valence-corrected chi connectivity index (χ0v) is 13.7. The second kappa shape index (κ2) is 6.61. The van der Waals surface area contributed by atoms with Gasteiger partial charge in [-0.1, -0.05) is 18.6 Å². The molecule has 1 aromatic rings. The van der Waals surface area contributed by atoms with Crippen molar-refractivity contribution in [3.05, 3.63) is 29.8 Å². The topological polar surface area (TPSA) is 85.9 Å². The minimum atomic E-state index is -5.06. The number of para-hydroxylation sites is 1. The molecule has 138 valence electrons. The number of benzene rings is 1. The Morgan fingerprint density at radius 2 is 2.15 bits per heavy atom. The molecule has 9 heteroatoms. The maximum Gasteiger partial charge on any atom is 0.439 e. The molecule has 1 aliphatic heterocycles. The van der Waals surface area contributed by atoms with Gasteiger partial charge in [-0.05, 0) is 31.4 Å². The van der Waals surface area contributed by atoms with E-state index in [0.717, 1.165) is 0 Å². The average Bonchev–Trinajstić information content (AvgIpc) is 2.94. The lowest BCUT2D eigenvalue weighted by Gasteiger charge is -2.38. The molecule has 1 amide bonds. The lowest BCUT2D eigenvalue weighted by molar-refractivity contribution is -0.317. The first kappa shape index (κ1) is 18.2. The van der Waals surface area contributed by atoms with Gasteiger partial charge in [-0.2, -0.15) is 28.5 Å². The molecule has 1 fully saturated rings. The summed E-state index contributed by atoms with van der Waals surface area (Å²) in [5.74, 6) is -2.31. The Hall–Kier alpha value is -2.60. The van der Waals surface area contributed by atoms with Crippen LogP contribution in [0.25, 0.3) is 0 Å². The van der Waals surface area contributed by atoms with E-state index in [4.69, 9.17) is 10.00 Å². The number of halogens is 3. The Labute approximate surface area is 147 Å². The Balaban J connectivity index is 1.83. The Morgan fingerprint density at radius 1 is 1.42 bits per heavy atom. The van der Waals surface area contributed by atoms with E-state index >= 15 is 0 Å². The van der Waals surface area contributed by atoms with Crippen molar-refractivity contribution in [3.63, 3.8) is 0 Å². The van der Waals surface area contributed by atoms with Crippen LogP contribution in [0, 0.1) is 17.2 Å². The van der Waals surface area contributed by atoms with Gasteiger partial charge in [-0.15, -0.1) is 0 Å². The van der Waals surface area contributed by atoms with E-state index in [1.54, 1.807) is 12.1 Å². The second-order valence-corrected chi connectivity index (χ2v) is 6.22. The van der Waals surface area contributed by atoms with Crippen LogP contribution in [0.3, 0.4) is 0 Å². The predicted octanol–water partition coefficient (Wildman–Crippen LogP) is 2.58. The first-order valence-corrected chi connectivity index (χ1v) is 8.10. The molecule has 1 heterocycles. The smallest absolute Gasteiger partial charge is 0.439 e. The molecule has 1 aliphatic carbocycles. The van der Waals surface area contributed by atoms with Gasteiger partial charge >= 0.3 is 6.18 Å². The average molecular weight is 367 g/mol. The van der Waals surface area contributed by atoms with Gasteiger partial charge < -0.3 is 9.84 Å². The number of ether oxygens (including phenoxy) is 1. The van der Waals surface area contributed by atoms with Gasteiger partial charge in [0.2, 0.25) is 0 Å². The third-order valence-corrected chi connectivity index (χ3v) is 4.63. The summed E-state index contributed by atoms with van der Waals surface area (Å²) in [5, 5.41) is 23.3. The fourth-order valence-corrected chi connectivity index (χ4v) is 3.35. The van der Waals surface area contributed by atoms with Gasteiger partial charge in [0.1, 0.15) is 11.8 Å². The van der Waals surface area contributed by atoms with Crippen LogP contribution in [0.15, 0.2) is 29.4 Å². The number of amides is 1. The first-order chi connectivity index (χ1) is 12.3. The number of fused-ring (bicyclic) bond motifs is 1. The van der Waals surface area contributed by atoms with Gasteiger partial charge in [0, 0.05) is 5.71 Å². The summed E-state index contributed by atoms with van der Waals surface area (Å²) in [6.45, 7) is -0.777. The van der Waals surface area contributed by atoms with Gasteiger partial charge in [-0.3, -0.25) is 4.79 Å².